The number of hydrogen-bond acceptors (Lipinski definition) is 5. The summed E-state index contributed by atoms with van der Waals surface area (Å²) in [5.74, 6) is 0. The molecule has 0 radical (unpaired) electrons. The molecule has 2 aromatic rings. The van der Waals surface area contributed by atoms with Crippen molar-refractivity contribution in [3.8, 4) is 0 Å². The van der Waals surface area contributed by atoms with Gasteiger partial charge in [0.05, 0.1) is 11.7 Å². The maximum atomic E-state index is 12.5. The van der Waals surface area contributed by atoms with Crippen molar-refractivity contribution in [2.45, 2.75) is 73.0 Å². The van der Waals surface area contributed by atoms with Crippen LogP contribution in [0.25, 0.3) is 0 Å². The summed E-state index contributed by atoms with van der Waals surface area (Å²) < 4.78 is 6.55. The molecule has 1 saturated heterocycles. The van der Waals surface area contributed by atoms with Crippen molar-refractivity contribution in [3.05, 3.63) is 74.1 Å². The van der Waals surface area contributed by atoms with E-state index in [-0.39, 0.29) is 12.1 Å². The smallest absolute Gasteiger partial charge is 0.410 e. The molecule has 214 valence electrons. The molecule has 1 N–H and O–H groups in total. The van der Waals surface area contributed by atoms with Crippen molar-refractivity contribution >= 4 is 40.0 Å². The number of rotatable bonds is 3. The quantitative estimate of drug-likeness (QED) is 0.377. The van der Waals surface area contributed by atoms with E-state index in [2.05, 4.69) is 44.3 Å². The first-order chi connectivity index (χ1) is 18.5. The Morgan fingerprint density at radius 3 is 2.33 bits per heavy atom. The van der Waals surface area contributed by atoms with Gasteiger partial charge in [0.15, 0.2) is 0 Å². The van der Waals surface area contributed by atoms with Gasteiger partial charge in [0, 0.05) is 47.6 Å². The number of ether oxygens (including phenoxy) is 1. The number of hydrogen-bond donors (Lipinski definition) is 1. The molecule has 2 amide bonds. The lowest BCUT2D eigenvalue weighted by Crippen LogP contribution is -2.51. The van der Waals surface area contributed by atoms with Gasteiger partial charge in [-0.3, -0.25) is 14.7 Å². The summed E-state index contributed by atoms with van der Waals surface area (Å²) >= 11 is 9.88. The van der Waals surface area contributed by atoms with Gasteiger partial charge in [-0.15, -0.1) is 0 Å². The Balaban J connectivity index is 0.000000517. The first-order valence-corrected chi connectivity index (χ1v) is 14.7. The molecule has 0 spiro atoms. The lowest BCUT2D eigenvalue weighted by Gasteiger charge is -2.40. The number of carbonyl (C=O) groups excluding carboxylic acids is 2. The molecular weight excluding hydrogens is 580 g/mol. The summed E-state index contributed by atoms with van der Waals surface area (Å²) in [6.07, 6.45) is 6.00. The molecular formula is C30H42BrClN4O3. The molecule has 0 bridgehead atoms. The number of aryl methyl sites for hydroxylation is 2. The zero-order valence-corrected chi connectivity index (χ0v) is 26.5. The van der Waals surface area contributed by atoms with Crippen LogP contribution in [0.15, 0.2) is 46.7 Å². The molecule has 2 aliphatic rings. The lowest BCUT2D eigenvalue weighted by molar-refractivity contribution is -0.108. The van der Waals surface area contributed by atoms with Gasteiger partial charge in [-0.2, -0.15) is 0 Å². The Labute approximate surface area is 247 Å². The maximum Gasteiger partial charge on any atom is 0.410 e. The third kappa shape index (κ3) is 9.62. The molecule has 2 heterocycles. The number of carbonyl (C=O) groups is 2. The van der Waals surface area contributed by atoms with Crippen LogP contribution in [0.3, 0.4) is 0 Å². The van der Waals surface area contributed by atoms with E-state index in [0.29, 0.717) is 19.5 Å². The molecule has 1 aliphatic carbocycles. The van der Waals surface area contributed by atoms with Crippen LogP contribution in [0.1, 0.15) is 76.9 Å². The molecule has 1 aromatic heterocycles. The molecule has 9 heteroatoms. The van der Waals surface area contributed by atoms with E-state index in [4.69, 9.17) is 21.3 Å². The van der Waals surface area contributed by atoms with Crippen LogP contribution in [0.4, 0.5) is 4.79 Å². The van der Waals surface area contributed by atoms with E-state index in [1.54, 1.807) is 4.90 Å². The van der Waals surface area contributed by atoms with Crippen molar-refractivity contribution in [2.24, 2.45) is 0 Å². The fourth-order valence-electron chi connectivity index (χ4n) is 4.45. The standard InChI is InChI=1S/C23H27BrClN3O2.C5H9NO.C2H6/c1-23(2,3)30-22(29)28-10-8-27(9-11-28)21-19-7-6-18(25)13-15(19)4-5-16-12-17(24)14-26-20(16)21;1-3-5(2)6-4-7;1-2/h6-7,12-14,21H,4-5,8-11H2,1-3H3;3-4H,1-2H3,(H,6,7);1-2H3/b;5-3+;/t21-;;/m1../s1. The molecule has 0 saturated carbocycles. The highest BCUT2D eigenvalue weighted by Gasteiger charge is 2.34. The average molecular weight is 622 g/mol. The largest absolute Gasteiger partial charge is 0.444 e. The molecule has 4 rings (SSSR count). The summed E-state index contributed by atoms with van der Waals surface area (Å²) in [7, 11) is 0. The molecule has 0 unspecified atom stereocenters. The molecule has 39 heavy (non-hydrogen) atoms. The zero-order valence-electron chi connectivity index (χ0n) is 24.2. The van der Waals surface area contributed by atoms with Gasteiger partial charge in [0.2, 0.25) is 6.41 Å². The van der Waals surface area contributed by atoms with E-state index < -0.39 is 5.60 Å². The van der Waals surface area contributed by atoms with Gasteiger partial charge in [0.1, 0.15) is 5.60 Å². The average Bonchev–Trinajstić information content (AvgIpc) is 3.05. The predicted molar refractivity (Wildman–Crippen MR) is 162 cm³/mol. The van der Waals surface area contributed by atoms with E-state index in [9.17, 15) is 9.59 Å². The molecule has 1 aliphatic heterocycles. The Kier molecular flexibility index (Phi) is 12.9. The minimum absolute atomic E-state index is 0.0589. The molecule has 1 aromatic carbocycles. The monoisotopic (exact) mass is 620 g/mol. The number of benzene rings is 1. The highest BCUT2D eigenvalue weighted by molar-refractivity contribution is 9.10. The van der Waals surface area contributed by atoms with Crippen LogP contribution in [-0.2, 0) is 22.4 Å². The summed E-state index contributed by atoms with van der Waals surface area (Å²) in [4.78, 5) is 31.2. The third-order valence-electron chi connectivity index (χ3n) is 6.34. The Morgan fingerprint density at radius 2 is 1.77 bits per heavy atom. The summed E-state index contributed by atoms with van der Waals surface area (Å²) in [6.45, 7) is 16.2. The van der Waals surface area contributed by atoms with Crippen molar-refractivity contribution in [2.75, 3.05) is 26.2 Å². The van der Waals surface area contributed by atoms with Crippen LogP contribution in [0.5, 0.6) is 0 Å². The Bertz CT molecular complexity index is 1090. The number of fused-ring (bicyclic) bond motifs is 2. The Morgan fingerprint density at radius 1 is 1.13 bits per heavy atom. The number of nitrogens with zero attached hydrogens (tertiary/aromatic N) is 3. The van der Waals surface area contributed by atoms with E-state index in [1.165, 1.54) is 16.7 Å². The van der Waals surface area contributed by atoms with Crippen LogP contribution in [-0.4, -0.2) is 59.1 Å². The summed E-state index contributed by atoms with van der Waals surface area (Å²) in [5, 5.41) is 3.24. The fourth-order valence-corrected chi connectivity index (χ4v) is 5.02. The molecule has 1 fully saturated rings. The molecule has 7 nitrogen and oxygen atoms in total. The van der Waals surface area contributed by atoms with Crippen LogP contribution in [0.2, 0.25) is 5.02 Å². The zero-order chi connectivity index (χ0) is 29.2. The summed E-state index contributed by atoms with van der Waals surface area (Å²) in [5.41, 5.74) is 5.30. The second-order valence-electron chi connectivity index (χ2n) is 10.2. The fraction of sp³-hybridized carbons (Fsp3) is 0.500. The second-order valence-corrected chi connectivity index (χ2v) is 11.5. The van der Waals surface area contributed by atoms with E-state index >= 15 is 0 Å². The number of piperazine rings is 1. The summed E-state index contributed by atoms with van der Waals surface area (Å²) in [6, 6.07) is 8.43. The first-order valence-electron chi connectivity index (χ1n) is 13.5. The number of pyridine rings is 1. The van der Waals surface area contributed by atoms with E-state index in [0.717, 1.165) is 46.8 Å². The van der Waals surface area contributed by atoms with Crippen molar-refractivity contribution < 1.29 is 14.3 Å². The number of aromatic nitrogens is 1. The number of allylic oxidation sites excluding steroid dienone is 2. The number of halogens is 2. The van der Waals surface area contributed by atoms with Crippen molar-refractivity contribution in [1.82, 2.24) is 20.1 Å². The molecule has 1 atom stereocenters. The Hall–Kier alpha value is -2.42. The van der Waals surface area contributed by atoms with Gasteiger partial charge >= 0.3 is 6.09 Å². The van der Waals surface area contributed by atoms with Crippen LogP contribution in [0, 0.1) is 0 Å². The highest BCUT2D eigenvalue weighted by atomic mass is 79.9. The van der Waals surface area contributed by atoms with Gasteiger partial charge < -0.3 is 15.0 Å². The third-order valence-corrected chi connectivity index (χ3v) is 7.01. The topological polar surface area (TPSA) is 74.8 Å². The van der Waals surface area contributed by atoms with Gasteiger partial charge in [-0.05, 0) is 98.3 Å². The lowest BCUT2D eigenvalue weighted by atomic mass is 9.96. The SMILES string of the molecule is C/C=C(\C)NC=O.CC.CC(C)(C)OC(=O)N1CCN([C@@H]2c3ccc(Cl)cc3CCc3cc(Br)cnc32)CC1. The van der Waals surface area contributed by atoms with Gasteiger partial charge in [0.25, 0.3) is 0 Å². The van der Waals surface area contributed by atoms with Crippen LogP contribution < -0.4 is 5.32 Å². The van der Waals surface area contributed by atoms with Crippen LogP contribution >= 0.6 is 27.5 Å². The van der Waals surface area contributed by atoms with Gasteiger partial charge in [-0.25, -0.2) is 4.79 Å². The first kappa shape index (κ1) is 32.8. The van der Waals surface area contributed by atoms with Gasteiger partial charge in [-0.1, -0.05) is 37.6 Å². The number of amides is 2. The predicted octanol–water partition coefficient (Wildman–Crippen LogP) is 6.92. The van der Waals surface area contributed by atoms with E-state index in [1.807, 2.05) is 66.8 Å². The second kappa shape index (κ2) is 15.4. The number of nitrogens with one attached hydrogen (secondary N) is 1. The maximum absolute atomic E-state index is 12.5. The minimum Gasteiger partial charge on any atom is -0.444 e. The van der Waals surface area contributed by atoms with Crippen molar-refractivity contribution in [1.29, 1.82) is 0 Å². The van der Waals surface area contributed by atoms with Crippen molar-refractivity contribution in [3.63, 3.8) is 0 Å². The normalized spacial score (nSPS) is 17.2. The minimum atomic E-state index is -0.482. The highest BCUT2D eigenvalue weighted by Crippen LogP contribution is 2.38.